The summed E-state index contributed by atoms with van der Waals surface area (Å²) in [5, 5.41) is 19.2. The summed E-state index contributed by atoms with van der Waals surface area (Å²) < 4.78 is 1.36. The number of nitrogens with zero attached hydrogens (tertiary/aromatic N) is 3. The van der Waals surface area contributed by atoms with Gasteiger partial charge >= 0.3 is 0 Å². The van der Waals surface area contributed by atoms with Gasteiger partial charge < -0.3 is 9.88 Å². The number of rotatable bonds is 4. The Labute approximate surface area is 234 Å². The molecule has 9 heteroatoms. The molecule has 0 aliphatic carbocycles. The molecule has 1 atom stereocenters. The summed E-state index contributed by atoms with van der Waals surface area (Å²) in [6.07, 6.45) is 4.96. The van der Waals surface area contributed by atoms with E-state index in [9.17, 15) is 9.59 Å². The normalized spacial score (nSPS) is 14.8. The molecule has 0 radical (unpaired) electrons. The molecule has 0 saturated heterocycles. The Morgan fingerprint density at radius 1 is 1.10 bits per heavy atom. The van der Waals surface area contributed by atoms with Crippen LogP contribution in [0.2, 0.25) is 0 Å². The van der Waals surface area contributed by atoms with Gasteiger partial charge in [-0.3, -0.25) is 30.0 Å². The molecular weight excluding hydrogens is 520 g/mol. The Bertz CT molecular complexity index is 1900. The van der Waals surface area contributed by atoms with Crippen LogP contribution in [0.4, 0.5) is 0 Å². The van der Waals surface area contributed by atoms with Crippen molar-refractivity contribution in [3.63, 3.8) is 0 Å². The second-order valence-electron chi connectivity index (χ2n) is 10.1. The van der Waals surface area contributed by atoms with Gasteiger partial charge in [-0.2, -0.15) is 0 Å². The number of H-pyrrole nitrogens is 1. The minimum absolute atomic E-state index is 0.0668. The molecular formula is C31H28N6O2S. The highest BCUT2D eigenvalue weighted by molar-refractivity contribution is 7.12. The molecule has 6 rings (SSSR count). The van der Waals surface area contributed by atoms with E-state index in [1.807, 2.05) is 54.5 Å². The third kappa shape index (κ3) is 4.38. The highest BCUT2D eigenvalue weighted by atomic mass is 32.1. The molecule has 1 aliphatic heterocycles. The lowest BCUT2D eigenvalue weighted by Gasteiger charge is -2.38. The number of aryl methyl sites for hydroxylation is 2. The van der Waals surface area contributed by atoms with Crippen LogP contribution in [-0.2, 0) is 12.8 Å². The quantitative estimate of drug-likeness (QED) is 0.222. The van der Waals surface area contributed by atoms with E-state index in [1.165, 1.54) is 21.5 Å². The van der Waals surface area contributed by atoms with Crippen molar-refractivity contribution in [3.05, 3.63) is 126 Å². The number of aromatic amines is 1. The number of hydrogen-bond donors (Lipinski definition) is 3. The first-order chi connectivity index (χ1) is 19.3. The van der Waals surface area contributed by atoms with Crippen molar-refractivity contribution >= 4 is 34.1 Å². The number of hydrogen-bond acceptors (Lipinski definition) is 6. The Morgan fingerprint density at radius 3 is 2.62 bits per heavy atom. The fraction of sp³-hybridized carbons (Fsp3) is 0.194. The number of carbonyl (C=O) groups is 1. The molecule has 3 N–H and O–H groups in total. The summed E-state index contributed by atoms with van der Waals surface area (Å²) >= 11 is 1.40. The minimum atomic E-state index is -0.615. The molecule has 0 bridgehead atoms. The van der Waals surface area contributed by atoms with Gasteiger partial charge in [0.1, 0.15) is 5.84 Å². The highest BCUT2D eigenvalue weighted by Crippen LogP contribution is 2.34. The number of amides is 1. The molecule has 1 amide bonds. The fourth-order valence-electron chi connectivity index (χ4n) is 5.57. The molecule has 3 aromatic heterocycles. The predicted octanol–water partition coefficient (Wildman–Crippen LogP) is 4.74. The largest absolute Gasteiger partial charge is 0.331 e. The van der Waals surface area contributed by atoms with Gasteiger partial charge in [-0.15, -0.1) is 11.3 Å². The molecule has 1 aliphatic rings. The standard InChI is InChI=1S/C31H28N6O2S/c1-18-10-14-40-27(18)28(32)37-26-15-19(2)23(17-24(26)35-30(38)29(37)33)31(39)36-13-9-21-5-3-4-6-22(21)25(36)16-20-7-11-34-12-8-20/h3-8,10-12,14-15,17,25,32-33H,9,13,16H2,1-2H3,(H,35,38). The van der Waals surface area contributed by atoms with Crippen molar-refractivity contribution in [1.82, 2.24) is 19.4 Å². The molecule has 0 spiro atoms. The van der Waals surface area contributed by atoms with Crippen molar-refractivity contribution in [2.24, 2.45) is 0 Å². The summed E-state index contributed by atoms with van der Waals surface area (Å²) in [7, 11) is 0. The number of benzene rings is 2. The predicted molar refractivity (Wildman–Crippen MR) is 156 cm³/mol. The Balaban J connectivity index is 1.45. The van der Waals surface area contributed by atoms with Gasteiger partial charge in [0.25, 0.3) is 11.5 Å². The van der Waals surface area contributed by atoms with E-state index in [-0.39, 0.29) is 23.3 Å². The maximum Gasteiger partial charge on any atom is 0.291 e. The van der Waals surface area contributed by atoms with Crippen LogP contribution in [0.3, 0.4) is 0 Å². The fourth-order valence-corrected chi connectivity index (χ4v) is 6.44. The molecule has 40 heavy (non-hydrogen) atoms. The van der Waals surface area contributed by atoms with Crippen LogP contribution in [0.5, 0.6) is 0 Å². The Morgan fingerprint density at radius 2 is 1.88 bits per heavy atom. The third-order valence-electron chi connectivity index (χ3n) is 7.65. The van der Waals surface area contributed by atoms with E-state index in [0.717, 1.165) is 28.7 Å². The number of carbonyl (C=O) groups excluding carboxylic acids is 1. The van der Waals surface area contributed by atoms with Crippen molar-refractivity contribution in [2.75, 3.05) is 6.54 Å². The first-order valence-corrected chi connectivity index (χ1v) is 14.0. The molecule has 1 unspecified atom stereocenters. The summed E-state index contributed by atoms with van der Waals surface area (Å²) in [5.41, 5.74) is 5.58. The number of thiophene rings is 1. The van der Waals surface area contributed by atoms with E-state index in [4.69, 9.17) is 10.8 Å². The maximum absolute atomic E-state index is 14.2. The maximum atomic E-state index is 14.2. The van der Waals surface area contributed by atoms with Gasteiger partial charge in [-0.25, -0.2) is 0 Å². The third-order valence-corrected chi connectivity index (χ3v) is 8.68. The molecule has 0 saturated carbocycles. The van der Waals surface area contributed by atoms with Gasteiger partial charge in [0, 0.05) is 24.5 Å². The summed E-state index contributed by atoms with van der Waals surface area (Å²) in [4.78, 5) is 36.6. The average molecular weight is 549 g/mol. The number of aromatic nitrogens is 3. The van der Waals surface area contributed by atoms with Crippen LogP contribution in [0, 0.1) is 24.7 Å². The van der Waals surface area contributed by atoms with E-state index in [1.54, 1.807) is 24.5 Å². The highest BCUT2D eigenvalue weighted by Gasteiger charge is 2.32. The molecule has 2 aromatic carbocycles. The summed E-state index contributed by atoms with van der Waals surface area (Å²) in [6, 6.07) is 17.5. The second kappa shape index (κ2) is 10.2. The van der Waals surface area contributed by atoms with Gasteiger partial charge in [0.15, 0.2) is 5.49 Å². The van der Waals surface area contributed by atoms with E-state index >= 15 is 0 Å². The number of fused-ring (bicyclic) bond motifs is 2. The van der Waals surface area contributed by atoms with Crippen molar-refractivity contribution in [3.8, 4) is 0 Å². The lowest BCUT2D eigenvalue weighted by Crippen LogP contribution is -2.42. The lowest BCUT2D eigenvalue weighted by molar-refractivity contribution is 0.0659. The van der Waals surface area contributed by atoms with Crippen LogP contribution in [0.15, 0.2) is 77.2 Å². The zero-order chi connectivity index (χ0) is 28.0. The SMILES string of the molecule is Cc1cc2c(cc1C(=O)N1CCc3ccccc3C1Cc1ccncc1)[nH]c(=O)c(=N)n2C(=N)c1sccc1C. The van der Waals surface area contributed by atoms with Crippen LogP contribution >= 0.6 is 11.3 Å². The number of pyridine rings is 1. The Hall–Kier alpha value is -4.63. The van der Waals surface area contributed by atoms with Gasteiger partial charge in [-0.1, -0.05) is 24.3 Å². The lowest BCUT2D eigenvalue weighted by atomic mass is 9.88. The van der Waals surface area contributed by atoms with Crippen LogP contribution in [-0.4, -0.2) is 37.7 Å². The van der Waals surface area contributed by atoms with Gasteiger partial charge in [0.05, 0.1) is 22.0 Å². The van der Waals surface area contributed by atoms with Crippen LogP contribution in [0.1, 0.15) is 49.1 Å². The van der Waals surface area contributed by atoms with Crippen LogP contribution < -0.4 is 11.0 Å². The van der Waals surface area contributed by atoms with E-state index in [0.29, 0.717) is 34.4 Å². The van der Waals surface area contributed by atoms with Gasteiger partial charge in [-0.05, 0) is 90.2 Å². The molecule has 5 aromatic rings. The van der Waals surface area contributed by atoms with Crippen LogP contribution in [0.25, 0.3) is 11.0 Å². The van der Waals surface area contributed by atoms with Gasteiger partial charge in [0.2, 0.25) is 0 Å². The van der Waals surface area contributed by atoms with E-state index in [2.05, 4.69) is 22.1 Å². The molecule has 4 heterocycles. The summed E-state index contributed by atoms with van der Waals surface area (Å²) in [5.74, 6) is -0.0448. The zero-order valence-electron chi connectivity index (χ0n) is 22.2. The molecule has 8 nitrogen and oxygen atoms in total. The van der Waals surface area contributed by atoms with E-state index < -0.39 is 5.56 Å². The first kappa shape index (κ1) is 25.6. The smallest absolute Gasteiger partial charge is 0.291 e. The second-order valence-corrected chi connectivity index (χ2v) is 11.0. The Kier molecular flexibility index (Phi) is 6.51. The first-order valence-electron chi connectivity index (χ1n) is 13.1. The van der Waals surface area contributed by atoms with Crippen molar-refractivity contribution < 1.29 is 4.79 Å². The zero-order valence-corrected chi connectivity index (χ0v) is 23.0. The van der Waals surface area contributed by atoms with Crippen molar-refractivity contribution in [2.45, 2.75) is 32.7 Å². The number of nitrogens with one attached hydrogen (secondary N) is 3. The van der Waals surface area contributed by atoms with Crippen molar-refractivity contribution in [1.29, 1.82) is 10.8 Å². The molecule has 200 valence electrons. The monoisotopic (exact) mass is 548 g/mol. The summed E-state index contributed by atoms with van der Waals surface area (Å²) in [6.45, 7) is 4.34. The molecule has 0 fully saturated rings. The topological polar surface area (TPSA) is 119 Å². The minimum Gasteiger partial charge on any atom is -0.331 e. The average Bonchev–Trinajstić information content (AvgIpc) is 3.40.